The topological polar surface area (TPSA) is 58.4 Å². The van der Waals surface area contributed by atoms with Gasteiger partial charge in [0.2, 0.25) is 0 Å². The molecule has 19 heavy (non-hydrogen) atoms. The number of anilines is 1. The fourth-order valence-electron chi connectivity index (χ4n) is 2.67. The summed E-state index contributed by atoms with van der Waals surface area (Å²) in [7, 11) is 0. The van der Waals surface area contributed by atoms with E-state index in [2.05, 4.69) is 17.1 Å². The number of nitrogens with zero attached hydrogens (tertiary/aromatic N) is 2. The van der Waals surface area contributed by atoms with Crippen molar-refractivity contribution in [1.29, 1.82) is 0 Å². The van der Waals surface area contributed by atoms with E-state index in [0.717, 1.165) is 43.7 Å². The predicted octanol–water partition coefficient (Wildman–Crippen LogP) is 2.48. The molecule has 5 nitrogen and oxygen atoms in total. The summed E-state index contributed by atoms with van der Waals surface area (Å²) in [4.78, 5) is 12.9. The number of hydrogen-bond donors (Lipinski definition) is 1. The molecule has 1 aliphatic rings. The highest BCUT2D eigenvalue weighted by Gasteiger charge is 2.24. The van der Waals surface area contributed by atoms with Crippen LogP contribution in [0.3, 0.4) is 0 Å². The number of nitro groups is 1. The van der Waals surface area contributed by atoms with E-state index in [-0.39, 0.29) is 10.6 Å². The molecule has 1 aromatic rings. The lowest BCUT2D eigenvalue weighted by molar-refractivity contribution is -0.384. The predicted molar refractivity (Wildman–Crippen MR) is 76.7 cm³/mol. The van der Waals surface area contributed by atoms with Gasteiger partial charge < -0.3 is 10.2 Å². The quantitative estimate of drug-likeness (QED) is 0.655. The molecule has 1 saturated heterocycles. The Morgan fingerprint density at radius 1 is 1.53 bits per heavy atom. The fraction of sp³-hybridized carbons (Fsp3) is 0.571. The lowest BCUT2D eigenvalue weighted by Crippen LogP contribution is -2.38. The summed E-state index contributed by atoms with van der Waals surface area (Å²) in [5.74, 6) is 0. The number of nitro benzene ring substituents is 1. The molecule has 0 amide bonds. The largest absolute Gasteiger partial charge is 0.367 e. The number of rotatable bonds is 5. The maximum absolute atomic E-state index is 10.9. The van der Waals surface area contributed by atoms with Crippen LogP contribution in [0.5, 0.6) is 0 Å². The molecule has 5 heteroatoms. The third-order valence-electron chi connectivity index (χ3n) is 3.65. The number of hydrogen-bond acceptors (Lipinski definition) is 4. The van der Waals surface area contributed by atoms with Crippen molar-refractivity contribution in [1.82, 2.24) is 5.32 Å². The SMILES string of the molecule is CCCN(c1cc([N+](=O)[O-])ccc1C)C1CCNC1. The molecule has 0 bridgehead atoms. The molecule has 1 fully saturated rings. The summed E-state index contributed by atoms with van der Waals surface area (Å²) in [6.45, 7) is 7.08. The van der Waals surface area contributed by atoms with Gasteiger partial charge in [0.1, 0.15) is 0 Å². The highest BCUT2D eigenvalue weighted by Crippen LogP contribution is 2.28. The van der Waals surface area contributed by atoms with Crippen LogP contribution in [0.2, 0.25) is 0 Å². The molecule has 1 N–H and O–H groups in total. The molecule has 1 aliphatic heterocycles. The van der Waals surface area contributed by atoms with Gasteiger partial charge in [-0.05, 0) is 31.9 Å². The Morgan fingerprint density at radius 2 is 2.32 bits per heavy atom. The van der Waals surface area contributed by atoms with Gasteiger partial charge in [-0.15, -0.1) is 0 Å². The molecule has 1 aromatic carbocycles. The van der Waals surface area contributed by atoms with Gasteiger partial charge in [0.15, 0.2) is 0 Å². The molecular formula is C14H21N3O2. The van der Waals surface area contributed by atoms with Crippen molar-refractivity contribution in [2.75, 3.05) is 24.5 Å². The van der Waals surface area contributed by atoms with Crippen molar-refractivity contribution in [3.05, 3.63) is 33.9 Å². The second-order valence-electron chi connectivity index (χ2n) is 5.07. The highest BCUT2D eigenvalue weighted by atomic mass is 16.6. The van der Waals surface area contributed by atoms with E-state index >= 15 is 0 Å². The Morgan fingerprint density at radius 3 is 2.89 bits per heavy atom. The first-order valence-electron chi connectivity index (χ1n) is 6.86. The standard InChI is InChI=1S/C14H21N3O2/c1-3-8-16(13-6-7-15-10-13)14-9-12(17(18)19)5-4-11(14)2/h4-5,9,13,15H,3,6-8,10H2,1-2H3. The van der Waals surface area contributed by atoms with Crippen LogP contribution in [0.1, 0.15) is 25.3 Å². The molecule has 1 unspecified atom stereocenters. The smallest absolute Gasteiger partial charge is 0.271 e. The summed E-state index contributed by atoms with van der Waals surface area (Å²) in [5.41, 5.74) is 2.28. The molecule has 0 aliphatic carbocycles. The second kappa shape index (κ2) is 6.02. The number of nitrogens with one attached hydrogen (secondary N) is 1. The summed E-state index contributed by atoms with van der Waals surface area (Å²) in [6.07, 6.45) is 2.14. The van der Waals surface area contributed by atoms with E-state index in [0.29, 0.717) is 6.04 Å². The summed E-state index contributed by atoms with van der Waals surface area (Å²) >= 11 is 0. The molecular weight excluding hydrogens is 242 g/mol. The van der Waals surface area contributed by atoms with Crippen LogP contribution < -0.4 is 10.2 Å². The van der Waals surface area contributed by atoms with E-state index in [1.54, 1.807) is 12.1 Å². The first-order chi connectivity index (χ1) is 9.13. The molecule has 0 spiro atoms. The molecule has 2 rings (SSSR count). The highest BCUT2D eigenvalue weighted by molar-refractivity contribution is 5.59. The lowest BCUT2D eigenvalue weighted by atomic mass is 10.1. The summed E-state index contributed by atoms with van der Waals surface area (Å²) < 4.78 is 0. The van der Waals surface area contributed by atoms with Crippen LogP contribution >= 0.6 is 0 Å². The van der Waals surface area contributed by atoms with Crippen LogP contribution in [-0.2, 0) is 0 Å². The Kier molecular flexibility index (Phi) is 4.37. The minimum atomic E-state index is -0.319. The first-order valence-corrected chi connectivity index (χ1v) is 6.86. The maximum Gasteiger partial charge on any atom is 0.271 e. The average Bonchev–Trinajstić information content (AvgIpc) is 2.90. The number of aryl methyl sites for hydroxylation is 1. The van der Waals surface area contributed by atoms with Crippen molar-refractivity contribution >= 4 is 11.4 Å². The average molecular weight is 263 g/mol. The monoisotopic (exact) mass is 263 g/mol. The van der Waals surface area contributed by atoms with Crippen molar-refractivity contribution in [2.45, 2.75) is 32.7 Å². The minimum Gasteiger partial charge on any atom is -0.367 e. The summed E-state index contributed by atoms with van der Waals surface area (Å²) in [5, 5.41) is 14.3. The van der Waals surface area contributed by atoms with Crippen LogP contribution in [0.15, 0.2) is 18.2 Å². The van der Waals surface area contributed by atoms with Gasteiger partial charge in [0.25, 0.3) is 5.69 Å². The van der Waals surface area contributed by atoms with E-state index in [9.17, 15) is 10.1 Å². The Labute approximate surface area is 113 Å². The van der Waals surface area contributed by atoms with Crippen LogP contribution in [0, 0.1) is 17.0 Å². The maximum atomic E-state index is 10.9. The van der Waals surface area contributed by atoms with Gasteiger partial charge in [-0.1, -0.05) is 13.0 Å². The van der Waals surface area contributed by atoms with E-state index < -0.39 is 0 Å². The number of benzene rings is 1. The first kappa shape index (κ1) is 13.8. The molecule has 1 atom stereocenters. The van der Waals surface area contributed by atoms with Gasteiger partial charge >= 0.3 is 0 Å². The van der Waals surface area contributed by atoms with Gasteiger partial charge in [-0.3, -0.25) is 10.1 Å². The van der Waals surface area contributed by atoms with Gasteiger partial charge in [0.05, 0.1) is 4.92 Å². The van der Waals surface area contributed by atoms with Gasteiger partial charge in [-0.25, -0.2) is 0 Å². The third kappa shape index (κ3) is 3.04. The minimum absolute atomic E-state index is 0.174. The second-order valence-corrected chi connectivity index (χ2v) is 5.07. The molecule has 0 aromatic heterocycles. The zero-order valence-corrected chi connectivity index (χ0v) is 11.6. The molecule has 0 saturated carbocycles. The molecule has 104 valence electrons. The van der Waals surface area contributed by atoms with E-state index in [1.807, 2.05) is 13.0 Å². The van der Waals surface area contributed by atoms with Crippen LogP contribution in [0.25, 0.3) is 0 Å². The Hall–Kier alpha value is -1.62. The van der Waals surface area contributed by atoms with Crippen LogP contribution in [-0.4, -0.2) is 30.6 Å². The van der Waals surface area contributed by atoms with Crippen molar-refractivity contribution in [3.8, 4) is 0 Å². The molecule has 0 radical (unpaired) electrons. The Bertz CT molecular complexity index is 456. The lowest BCUT2D eigenvalue weighted by Gasteiger charge is -2.31. The van der Waals surface area contributed by atoms with E-state index in [4.69, 9.17) is 0 Å². The van der Waals surface area contributed by atoms with E-state index in [1.165, 1.54) is 0 Å². The Balaban J connectivity index is 2.34. The van der Waals surface area contributed by atoms with Crippen molar-refractivity contribution < 1.29 is 4.92 Å². The van der Waals surface area contributed by atoms with Crippen molar-refractivity contribution in [2.24, 2.45) is 0 Å². The van der Waals surface area contributed by atoms with Gasteiger partial charge in [0, 0.05) is 37.0 Å². The van der Waals surface area contributed by atoms with Gasteiger partial charge in [-0.2, -0.15) is 0 Å². The normalized spacial score (nSPS) is 18.5. The fourth-order valence-corrected chi connectivity index (χ4v) is 2.67. The number of non-ortho nitro benzene ring substituents is 1. The summed E-state index contributed by atoms with van der Waals surface area (Å²) in [6, 6.07) is 5.58. The third-order valence-corrected chi connectivity index (χ3v) is 3.65. The van der Waals surface area contributed by atoms with Crippen molar-refractivity contribution in [3.63, 3.8) is 0 Å². The zero-order valence-electron chi connectivity index (χ0n) is 11.6. The van der Waals surface area contributed by atoms with Crippen LogP contribution in [0.4, 0.5) is 11.4 Å². The zero-order chi connectivity index (χ0) is 13.8. The molecule has 1 heterocycles.